The van der Waals surface area contributed by atoms with E-state index in [1.165, 1.54) is 0 Å². The molecule has 0 radical (unpaired) electrons. The van der Waals surface area contributed by atoms with E-state index in [1.54, 1.807) is 24.3 Å². The molecule has 6 nitrogen and oxygen atoms in total. The Kier molecular flexibility index (Phi) is 7.41. The summed E-state index contributed by atoms with van der Waals surface area (Å²) in [6.45, 7) is -0.104. The number of hydrogen-bond acceptors (Lipinski definition) is 6. The molecule has 2 aromatic carbocycles. The van der Waals surface area contributed by atoms with Crippen molar-refractivity contribution >= 4 is 21.4 Å². The second-order valence-electron chi connectivity index (χ2n) is 10.2. The van der Waals surface area contributed by atoms with Gasteiger partial charge in [0.05, 0.1) is 19.0 Å². The molecular weight excluding hydrogens is 571 g/mol. The monoisotopic (exact) mass is 596 g/mol. The summed E-state index contributed by atoms with van der Waals surface area (Å²) in [7, 11) is -5.37. The summed E-state index contributed by atoms with van der Waals surface area (Å²) in [5, 5.41) is 0.476. The van der Waals surface area contributed by atoms with Crippen LogP contribution in [0.3, 0.4) is 0 Å². The first-order valence-corrected chi connectivity index (χ1v) is 14.4. The first kappa shape index (κ1) is 28.5. The van der Waals surface area contributed by atoms with Crippen LogP contribution in [0, 0.1) is 11.6 Å². The summed E-state index contributed by atoms with van der Waals surface area (Å²) < 4.78 is 116. The van der Waals surface area contributed by atoms with E-state index in [1.807, 2.05) is 0 Å². The highest BCUT2D eigenvalue weighted by molar-refractivity contribution is 7.92. The molecule has 39 heavy (non-hydrogen) atoms. The Bertz CT molecular complexity index is 1330. The van der Waals surface area contributed by atoms with Crippen molar-refractivity contribution in [3.63, 3.8) is 0 Å². The number of ether oxygens (including phenoxy) is 4. The van der Waals surface area contributed by atoms with E-state index >= 15 is 4.39 Å². The van der Waals surface area contributed by atoms with E-state index in [0.717, 1.165) is 17.7 Å². The quantitative estimate of drug-likeness (QED) is 0.311. The molecular formula is C26H26ClF5O6S. The molecule has 0 bridgehead atoms. The van der Waals surface area contributed by atoms with Crippen molar-refractivity contribution in [3.8, 4) is 5.75 Å². The molecule has 1 saturated heterocycles. The fraction of sp³-hybridized carbons (Fsp3) is 0.538. The molecule has 2 aliphatic heterocycles. The van der Waals surface area contributed by atoms with E-state index < -0.39 is 62.6 Å². The van der Waals surface area contributed by atoms with Crippen molar-refractivity contribution in [2.75, 3.05) is 32.2 Å². The number of rotatable bonds is 7. The van der Waals surface area contributed by atoms with Crippen LogP contribution in [0.1, 0.15) is 36.8 Å². The van der Waals surface area contributed by atoms with Gasteiger partial charge in [0.25, 0.3) is 0 Å². The Hall–Kier alpha value is -1.99. The Labute approximate surface area is 227 Å². The van der Waals surface area contributed by atoms with Gasteiger partial charge in [0.2, 0.25) is 9.84 Å². The molecule has 5 rings (SSSR count). The van der Waals surface area contributed by atoms with Crippen LogP contribution in [0.2, 0.25) is 5.02 Å². The van der Waals surface area contributed by atoms with Crippen molar-refractivity contribution in [1.29, 1.82) is 0 Å². The van der Waals surface area contributed by atoms with Crippen LogP contribution in [-0.4, -0.2) is 57.5 Å². The number of benzene rings is 2. The van der Waals surface area contributed by atoms with Gasteiger partial charge in [-0.25, -0.2) is 17.2 Å². The predicted octanol–water partition coefficient (Wildman–Crippen LogP) is 5.50. The predicted molar refractivity (Wildman–Crippen MR) is 130 cm³/mol. The van der Waals surface area contributed by atoms with E-state index in [-0.39, 0.29) is 37.2 Å². The minimum absolute atomic E-state index is 0.00893. The third kappa shape index (κ3) is 5.03. The van der Waals surface area contributed by atoms with Gasteiger partial charge in [0.15, 0.2) is 17.4 Å². The minimum Gasteiger partial charge on any atom is -0.487 e. The summed E-state index contributed by atoms with van der Waals surface area (Å²) in [4.78, 5) is 0. The Morgan fingerprint density at radius 1 is 0.974 bits per heavy atom. The summed E-state index contributed by atoms with van der Waals surface area (Å²) in [6, 6.07) is 8.78. The van der Waals surface area contributed by atoms with Gasteiger partial charge in [-0.15, -0.1) is 0 Å². The van der Waals surface area contributed by atoms with Crippen molar-refractivity contribution in [3.05, 3.63) is 64.2 Å². The van der Waals surface area contributed by atoms with E-state index in [2.05, 4.69) is 0 Å². The Morgan fingerprint density at radius 2 is 1.64 bits per heavy atom. The fourth-order valence-corrected chi connectivity index (χ4v) is 6.93. The molecule has 1 aliphatic carbocycles. The lowest BCUT2D eigenvalue weighted by molar-refractivity contribution is -0.263. The highest BCUT2D eigenvalue weighted by Crippen LogP contribution is 2.60. The lowest BCUT2D eigenvalue weighted by Crippen LogP contribution is -2.67. The maximum absolute atomic E-state index is 15.7. The van der Waals surface area contributed by atoms with Crippen molar-refractivity contribution in [2.45, 2.75) is 54.4 Å². The average molecular weight is 597 g/mol. The topological polar surface area (TPSA) is 71.1 Å². The zero-order valence-electron chi connectivity index (χ0n) is 20.7. The standard InChI is InChI=1S/C26H26ClF5O6S/c27-18-4-2-17(3-5-18)14-23-8-9-25(37-11-12-38-25)15-24(23,36-10-1-13-39(33,34)26(30,31)32)16-35-22-20(29)7-6-19(28)21(22)23/h2-7H,1,8-16H2/t23-,24+/m1/s1. The molecule has 0 N–H and O–H groups in total. The number of alkyl halides is 3. The molecule has 0 unspecified atom stereocenters. The van der Waals surface area contributed by atoms with Crippen molar-refractivity contribution < 1.29 is 49.3 Å². The van der Waals surface area contributed by atoms with Crippen LogP contribution in [0.25, 0.3) is 0 Å². The third-order valence-corrected chi connectivity index (χ3v) is 9.65. The molecule has 2 fully saturated rings. The highest BCUT2D eigenvalue weighted by atomic mass is 35.5. The molecule has 1 saturated carbocycles. The van der Waals surface area contributed by atoms with Gasteiger partial charge in [0.1, 0.15) is 18.0 Å². The second kappa shape index (κ2) is 10.1. The van der Waals surface area contributed by atoms with Gasteiger partial charge in [-0.05, 0) is 49.1 Å². The van der Waals surface area contributed by atoms with Crippen LogP contribution >= 0.6 is 11.6 Å². The van der Waals surface area contributed by atoms with E-state index in [4.69, 9.17) is 30.5 Å². The first-order chi connectivity index (χ1) is 18.3. The van der Waals surface area contributed by atoms with Gasteiger partial charge >= 0.3 is 5.51 Å². The summed E-state index contributed by atoms with van der Waals surface area (Å²) in [6.07, 6.45) is 0.192. The third-order valence-electron chi connectivity index (χ3n) is 7.87. The maximum Gasteiger partial charge on any atom is 0.497 e. The molecule has 1 spiro atoms. The zero-order valence-corrected chi connectivity index (χ0v) is 22.2. The number of sulfone groups is 1. The molecule has 214 valence electrons. The lowest BCUT2D eigenvalue weighted by atomic mass is 9.54. The Morgan fingerprint density at radius 3 is 2.31 bits per heavy atom. The van der Waals surface area contributed by atoms with E-state index in [0.29, 0.717) is 24.7 Å². The molecule has 0 amide bonds. The maximum atomic E-state index is 15.7. The smallest absolute Gasteiger partial charge is 0.487 e. The van der Waals surface area contributed by atoms with Crippen LogP contribution in [0.4, 0.5) is 22.0 Å². The largest absolute Gasteiger partial charge is 0.497 e. The summed E-state index contributed by atoms with van der Waals surface area (Å²) in [5.41, 5.74) is -7.42. The molecule has 2 atom stereocenters. The number of halogens is 6. The van der Waals surface area contributed by atoms with Crippen LogP contribution in [0.5, 0.6) is 5.75 Å². The fourth-order valence-electron chi connectivity index (χ4n) is 6.07. The zero-order chi connectivity index (χ0) is 28.1. The van der Waals surface area contributed by atoms with Gasteiger partial charge < -0.3 is 18.9 Å². The molecule has 0 aromatic heterocycles. The van der Waals surface area contributed by atoms with Gasteiger partial charge in [0, 0.05) is 35.4 Å². The van der Waals surface area contributed by atoms with Gasteiger partial charge in [-0.1, -0.05) is 23.7 Å². The van der Waals surface area contributed by atoms with Gasteiger partial charge in [-0.3, -0.25) is 0 Å². The lowest BCUT2D eigenvalue weighted by Gasteiger charge is -2.59. The normalized spacial score (nSPS) is 26.2. The number of fused-ring (bicyclic) bond motifs is 3. The first-order valence-electron chi connectivity index (χ1n) is 12.4. The van der Waals surface area contributed by atoms with Crippen molar-refractivity contribution in [1.82, 2.24) is 0 Å². The highest BCUT2D eigenvalue weighted by Gasteiger charge is 2.66. The van der Waals surface area contributed by atoms with Crippen LogP contribution < -0.4 is 4.74 Å². The molecule has 13 heteroatoms. The Balaban J connectivity index is 1.58. The SMILES string of the molecule is O=S(=O)(CCCO[C@@]12COc3c(F)ccc(F)c3[C@]1(Cc1ccc(Cl)cc1)CCC1(C2)OCCO1)C(F)(F)F. The summed E-state index contributed by atoms with van der Waals surface area (Å²) >= 11 is 6.06. The number of hydrogen-bond donors (Lipinski definition) is 0. The van der Waals surface area contributed by atoms with E-state index in [9.17, 15) is 26.0 Å². The van der Waals surface area contributed by atoms with Crippen LogP contribution in [0.15, 0.2) is 36.4 Å². The van der Waals surface area contributed by atoms with Gasteiger partial charge in [-0.2, -0.15) is 13.2 Å². The molecule has 2 aromatic rings. The average Bonchev–Trinajstić information content (AvgIpc) is 3.33. The minimum atomic E-state index is -5.39. The van der Waals surface area contributed by atoms with Crippen LogP contribution in [-0.2, 0) is 35.9 Å². The van der Waals surface area contributed by atoms with Crippen molar-refractivity contribution in [2.24, 2.45) is 0 Å². The molecule has 3 aliphatic rings. The molecule has 2 heterocycles. The summed E-state index contributed by atoms with van der Waals surface area (Å²) in [5.74, 6) is -4.05. The second-order valence-corrected chi connectivity index (χ2v) is 12.7.